The Bertz CT molecular complexity index is 380. The lowest BCUT2D eigenvalue weighted by molar-refractivity contribution is 0.0920. The van der Waals surface area contributed by atoms with Crippen LogP contribution < -0.4 is 10.1 Å². The molecule has 2 N–H and O–H groups in total. The fourth-order valence-corrected chi connectivity index (χ4v) is 1.60. The summed E-state index contributed by atoms with van der Waals surface area (Å²) in [6, 6.07) is 1.50. The number of carbonyl (C=O) groups excluding carboxylic acids is 1. The topological polar surface area (TPSA) is 71.5 Å². The first-order valence-electron chi connectivity index (χ1n) is 5.51. The summed E-state index contributed by atoms with van der Waals surface area (Å²) in [5.41, 5.74) is 0.444. The Morgan fingerprint density at radius 1 is 1.59 bits per heavy atom. The van der Waals surface area contributed by atoms with Gasteiger partial charge >= 0.3 is 0 Å². The van der Waals surface area contributed by atoms with Crippen molar-refractivity contribution >= 4 is 5.91 Å². The number of aliphatic hydroxyl groups excluding tert-OH is 1. The number of nitrogens with zero attached hydrogens (tertiary/aromatic N) is 1. The van der Waals surface area contributed by atoms with Gasteiger partial charge in [0.15, 0.2) is 0 Å². The molecule has 0 saturated carbocycles. The molecular formula is C12H18N2O3. The number of amides is 1. The van der Waals surface area contributed by atoms with Crippen LogP contribution in [0.25, 0.3) is 0 Å². The first kappa shape index (κ1) is 13.4. The quantitative estimate of drug-likeness (QED) is 0.802. The number of hydrogen-bond donors (Lipinski definition) is 2. The number of methoxy groups -OCH3 is 1. The van der Waals surface area contributed by atoms with Gasteiger partial charge in [-0.1, -0.05) is 0 Å². The Labute approximate surface area is 101 Å². The average Bonchev–Trinajstić information content (AvgIpc) is 2.27. The molecule has 0 aromatic carbocycles. The normalized spacial score (nSPS) is 13.9. The van der Waals surface area contributed by atoms with Crippen molar-refractivity contribution < 1.29 is 14.6 Å². The van der Waals surface area contributed by atoms with Gasteiger partial charge in [0.25, 0.3) is 5.91 Å². The van der Waals surface area contributed by atoms with Crippen LogP contribution in [0.15, 0.2) is 18.5 Å². The Balaban J connectivity index is 2.69. The molecule has 1 aromatic heterocycles. The Hall–Kier alpha value is -1.62. The lowest BCUT2D eigenvalue weighted by Crippen LogP contribution is -2.34. The molecule has 94 valence electrons. The maximum absolute atomic E-state index is 11.9. The molecule has 1 rings (SSSR count). The van der Waals surface area contributed by atoms with Gasteiger partial charge in [-0.15, -0.1) is 0 Å². The Kier molecular flexibility index (Phi) is 4.90. The smallest absolute Gasteiger partial charge is 0.255 e. The van der Waals surface area contributed by atoms with Gasteiger partial charge in [-0.25, -0.2) is 0 Å². The average molecular weight is 238 g/mol. The van der Waals surface area contributed by atoms with E-state index in [-0.39, 0.29) is 11.9 Å². The highest BCUT2D eigenvalue weighted by Gasteiger charge is 2.15. The lowest BCUT2D eigenvalue weighted by atomic mass is 10.1. The van der Waals surface area contributed by atoms with E-state index < -0.39 is 6.10 Å². The van der Waals surface area contributed by atoms with Crippen LogP contribution in [0.5, 0.6) is 5.75 Å². The molecule has 0 bridgehead atoms. The molecule has 1 heterocycles. The summed E-state index contributed by atoms with van der Waals surface area (Å²) in [5, 5.41) is 12.0. The number of aromatic nitrogens is 1. The second-order valence-electron chi connectivity index (χ2n) is 4.04. The molecule has 5 heteroatoms. The van der Waals surface area contributed by atoms with Crippen LogP contribution in [-0.2, 0) is 0 Å². The van der Waals surface area contributed by atoms with Crippen molar-refractivity contribution in [3.63, 3.8) is 0 Å². The minimum Gasteiger partial charge on any atom is -0.494 e. The zero-order valence-electron chi connectivity index (χ0n) is 10.3. The van der Waals surface area contributed by atoms with Gasteiger partial charge in [-0.05, 0) is 26.3 Å². The Morgan fingerprint density at radius 2 is 2.29 bits per heavy atom. The third-order valence-corrected chi connectivity index (χ3v) is 2.32. The zero-order valence-corrected chi connectivity index (χ0v) is 10.3. The second kappa shape index (κ2) is 6.20. The van der Waals surface area contributed by atoms with Crippen molar-refractivity contribution in [2.24, 2.45) is 0 Å². The van der Waals surface area contributed by atoms with Crippen LogP contribution in [0, 0.1) is 0 Å². The van der Waals surface area contributed by atoms with Crippen LogP contribution in [0.3, 0.4) is 0 Å². The van der Waals surface area contributed by atoms with E-state index in [9.17, 15) is 9.90 Å². The van der Waals surface area contributed by atoms with Crippen molar-refractivity contribution in [3.8, 4) is 5.75 Å². The second-order valence-corrected chi connectivity index (χ2v) is 4.04. The number of nitrogens with one attached hydrogen (secondary N) is 1. The van der Waals surface area contributed by atoms with Gasteiger partial charge in [0, 0.05) is 12.2 Å². The third-order valence-electron chi connectivity index (χ3n) is 2.32. The van der Waals surface area contributed by atoms with Crippen molar-refractivity contribution in [2.75, 3.05) is 7.11 Å². The van der Waals surface area contributed by atoms with E-state index in [1.165, 1.54) is 19.5 Å². The van der Waals surface area contributed by atoms with Crippen LogP contribution in [-0.4, -0.2) is 35.3 Å². The molecule has 0 aliphatic rings. The molecule has 2 unspecified atom stereocenters. The van der Waals surface area contributed by atoms with Gasteiger partial charge in [0.1, 0.15) is 5.75 Å². The fraction of sp³-hybridized carbons (Fsp3) is 0.500. The molecule has 0 spiro atoms. The molecule has 0 radical (unpaired) electrons. The van der Waals surface area contributed by atoms with Crippen LogP contribution in [0.4, 0.5) is 0 Å². The molecule has 0 saturated heterocycles. The fourth-order valence-electron chi connectivity index (χ4n) is 1.60. The van der Waals surface area contributed by atoms with Gasteiger partial charge < -0.3 is 15.2 Å². The monoisotopic (exact) mass is 238 g/mol. The van der Waals surface area contributed by atoms with Gasteiger partial charge in [-0.3, -0.25) is 9.78 Å². The summed E-state index contributed by atoms with van der Waals surface area (Å²) < 4.78 is 5.06. The van der Waals surface area contributed by atoms with E-state index >= 15 is 0 Å². The molecule has 0 fully saturated rings. The first-order valence-corrected chi connectivity index (χ1v) is 5.51. The van der Waals surface area contributed by atoms with Crippen molar-refractivity contribution in [3.05, 3.63) is 24.0 Å². The van der Waals surface area contributed by atoms with E-state index in [1.54, 1.807) is 13.0 Å². The highest BCUT2D eigenvalue weighted by Crippen LogP contribution is 2.15. The van der Waals surface area contributed by atoms with Crippen LogP contribution >= 0.6 is 0 Å². The van der Waals surface area contributed by atoms with Crippen molar-refractivity contribution in [1.82, 2.24) is 10.3 Å². The molecule has 1 amide bonds. The Morgan fingerprint density at radius 3 is 2.88 bits per heavy atom. The maximum atomic E-state index is 11.9. The number of aliphatic hydroxyl groups is 1. The van der Waals surface area contributed by atoms with E-state index in [1.807, 2.05) is 6.92 Å². The molecular weight excluding hydrogens is 220 g/mol. The maximum Gasteiger partial charge on any atom is 0.255 e. The van der Waals surface area contributed by atoms with Gasteiger partial charge in [0.2, 0.25) is 0 Å². The molecule has 0 aliphatic heterocycles. The van der Waals surface area contributed by atoms with Gasteiger partial charge in [-0.2, -0.15) is 0 Å². The van der Waals surface area contributed by atoms with Gasteiger partial charge in [0.05, 0.1) is 25.0 Å². The highest BCUT2D eigenvalue weighted by molar-refractivity contribution is 5.96. The SMILES string of the molecule is COc1cnccc1C(=O)NC(C)CC(C)O. The standard InChI is InChI=1S/C12H18N2O3/c1-8(6-9(2)15)14-12(16)10-4-5-13-7-11(10)17-3/h4-5,7-9,15H,6H2,1-3H3,(H,14,16). The van der Waals surface area contributed by atoms with E-state index in [4.69, 9.17) is 4.74 Å². The number of carbonyl (C=O) groups is 1. The summed E-state index contributed by atoms with van der Waals surface area (Å²) in [5.74, 6) is 0.214. The minimum absolute atomic E-state index is 0.0969. The van der Waals surface area contributed by atoms with Crippen molar-refractivity contribution in [2.45, 2.75) is 32.4 Å². The third kappa shape index (κ3) is 4.03. The molecule has 17 heavy (non-hydrogen) atoms. The molecule has 2 atom stereocenters. The predicted molar refractivity (Wildman–Crippen MR) is 64.0 cm³/mol. The van der Waals surface area contributed by atoms with E-state index in [2.05, 4.69) is 10.3 Å². The predicted octanol–water partition coefficient (Wildman–Crippen LogP) is 0.979. The molecule has 1 aromatic rings. The number of rotatable bonds is 5. The summed E-state index contributed by atoms with van der Waals surface area (Å²) in [6.07, 6.45) is 3.11. The largest absolute Gasteiger partial charge is 0.494 e. The minimum atomic E-state index is -0.440. The van der Waals surface area contributed by atoms with Crippen LogP contribution in [0.2, 0.25) is 0 Å². The summed E-state index contributed by atoms with van der Waals surface area (Å²) in [6.45, 7) is 3.54. The summed E-state index contributed by atoms with van der Waals surface area (Å²) >= 11 is 0. The lowest BCUT2D eigenvalue weighted by Gasteiger charge is -2.16. The number of hydrogen-bond acceptors (Lipinski definition) is 4. The summed E-state index contributed by atoms with van der Waals surface area (Å²) in [4.78, 5) is 15.8. The van der Waals surface area contributed by atoms with E-state index in [0.717, 1.165) is 0 Å². The van der Waals surface area contributed by atoms with Crippen molar-refractivity contribution in [1.29, 1.82) is 0 Å². The molecule has 5 nitrogen and oxygen atoms in total. The van der Waals surface area contributed by atoms with E-state index in [0.29, 0.717) is 17.7 Å². The number of pyridine rings is 1. The highest BCUT2D eigenvalue weighted by atomic mass is 16.5. The molecule has 0 aliphatic carbocycles. The zero-order chi connectivity index (χ0) is 12.8. The van der Waals surface area contributed by atoms with Crippen LogP contribution in [0.1, 0.15) is 30.6 Å². The first-order chi connectivity index (χ1) is 8.04. The number of ether oxygens (including phenoxy) is 1. The summed E-state index contributed by atoms with van der Waals surface area (Å²) in [7, 11) is 1.49.